The second kappa shape index (κ2) is 8.60. The Balaban J connectivity index is 1.38. The second-order valence-electron chi connectivity index (χ2n) is 10.2. The van der Waals surface area contributed by atoms with Crippen molar-refractivity contribution in [1.29, 1.82) is 0 Å². The van der Waals surface area contributed by atoms with E-state index < -0.39 is 0 Å². The van der Waals surface area contributed by atoms with Crippen molar-refractivity contribution < 1.29 is 4.74 Å². The Bertz CT molecular complexity index is 1590. The van der Waals surface area contributed by atoms with Crippen molar-refractivity contribution in [2.75, 3.05) is 0 Å². The van der Waals surface area contributed by atoms with Gasteiger partial charge in [-0.2, -0.15) is 0 Å². The maximum atomic E-state index is 6.39. The van der Waals surface area contributed by atoms with Crippen LogP contribution < -0.4 is 4.74 Å². The zero-order chi connectivity index (χ0) is 24.9. The van der Waals surface area contributed by atoms with Gasteiger partial charge in [-0.15, -0.1) is 0 Å². The normalized spacial score (nSPS) is 19.1. The van der Waals surface area contributed by atoms with Gasteiger partial charge in [0.25, 0.3) is 0 Å². The minimum atomic E-state index is 0.179. The Hall–Kier alpha value is -4.43. The lowest BCUT2D eigenvalue weighted by atomic mass is 9.69. The van der Waals surface area contributed by atoms with Gasteiger partial charge in [0.05, 0.1) is 17.3 Å². The molecule has 0 amide bonds. The molecule has 2 unspecified atom stereocenters. The summed E-state index contributed by atoms with van der Waals surface area (Å²) in [5, 5.41) is 0. The largest absolute Gasteiger partial charge is 0.460 e. The van der Waals surface area contributed by atoms with Crippen molar-refractivity contribution in [3.8, 4) is 28.3 Å². The summed E-state index contributed by atoms with van der Waals surface area (Å²) in [5.74, 6) is 2.34. The fourth-order valence-corrected chi connectivity index (χ4v) is 5.69. The maximum absolute atomic E-state index is 6.39. The number of pyridine rings is 1. The average Bonchev–Trinajstić information content (AvgIpc) is 2.94. The molecule has 3 aromatic carbocycles. The van der Waals surface area contributed by atoms with Gasteiger partial charge in [0, 0.05) is 22.6 Å². The number of rotatable bonds is 3. The van der Waals surface area contributed by atoms with E-state index in [0.29, 0.717) is 0 Å². The summed E-state index contributed by atoms with van der Waals surface area (Å²) in [6, 6.07) is 30.1. The Kier molecular flexibility index (Phi) is 5.07. The first-order chi connectivity index (χ1) is 18.1. The Labute approximate surface area is 218 Å². The Morgan fingerprint density at radius 2 is 1.30 bits per heavy atom. The molecule has 1 aromatic heterocycles. The number of fused-ring (bicyclic) bond motifs is 2. The molecule has 0 spiro atoms. The van der Waals surface area contributed by atoms with Crippen LogP contribution in [0.25, 0.3) is 33.7 Å². The third kappa shape index (κ3) is 3.77. The fraction of sp³-hybridized carbons (Fsp3) is 0.114. The standard InChI is InChI=1S/C35H27NO/c1-22-10-14-24(15-11-22)31-20-26(21-32(36-31)25-16-12-23(2)13-17-25)27-18-19-34-35-29(27)7-5-8-30(35)28-6-3-4-9-33(28)37-34/h3-21,29,35H,1-2H3. The van der Waals surface area contributed by atoms with E-state index in [2.05, 4.69) is 123 Å². The number of hydrogen-bond donors (Lipinski definition) is 0. The van der Waals surface area contributed by atoms with Gasteiger partial charge in [0.15, 0.2) is 0 Å². The zero-order valence-electron chi connectivity index (χ0n) is 21.0. The summed E-state index contributed by atoms with van der Waals surface area (Å²) in [4.78, 5) is 5.12. The van der Waals surface area contributed by atoms with Crippen molar-refractivity contribution in [3.05, 3.63) is 143 Å². The van der Waals surface area contributed by atoms with Crippen LogP contribution in [-0.4, -0.2) is 4.98 Å². The molecule has 2 heteroatoms. The van der Waals surface area contributed by atoms with Gasteiger partial charge < -0.3 is 4.74 Å². The number of hydrogen-bond acceptors (Lipinski definition) is 2. The van der Waals surface area contributed by atoms with Crippen LogP contribution >= 0.6 is 0 Å². The predicted octanol–water partition coefficient (Wildman–Crippen LogP) is 8.59. The van der Waals surface area contributed by atoms with E-state index in [1.54, 1.807) is 0 Å². The highest BCUT2D eigenvalue weighted by Gasteiger charge is 2.39. The highest BCUT2D eigenvalue weighted by Crippen LogP contribution is 2.52. The molecule has 2 nitrogen and oxygen atoms in total. The predicted molar refractivity (Wildman–Crippen MR) is 152 cm³/mol. The van der Waals surface area contributed by atoms with E-state index in [1.807, 2.05) is 6.07 Å². The highest BCUT2D eigenvalue weighted by molar-refractivity contribution is 5.86. The Morgan fingerprint density at radius 3 is 1.97 bits per heavy atom. The van der Waals surface area contributed by atoms with E-state index in [-0.39, 0.29) is 11.8 Å². The first-order valence-electron chi connectivity index (χ1n) is 12.9. The van der Waals surface area contributed by atoms with Gasteiger partial charge in [-0.05, 0) is 54.8 Å². The molecule has 0 N–H and O–H groups in total. The van der Waals surface area contributed by atoms with Crippen LogP contribution in [0.4, 0.5) is 0 Å². The van der Waals surface area contributed by atoms with E-state index in [0.717, 1.165) is 34.0 Å². The molecule has 0 bridgehead atoms. The molecule has 0 saturated heterocycles. The second-order valence-corrected chi connectivity index (χ2v) is 10.2. The molecule has 178 valence electrons. The van der Waals surface area contributed by atoms with Gasteiger partial charge in [-0.25, -0.2) is 4.98 Å². The quantitative estimate of drug-likeness (QED) is 0.295. The van der Waals surface area contributed by atoms with Crippen LogP contribution in [0.5, 0.6) is 5.75 Å². The molecule has 2 atom stereocenters. The molecule has 37 heavy (non-hydrogen) atoms. The number of para-hydroxylation sites is 1. The monoisotopic (exact) mass is 477 g/mol. The molecule has 0 fully saturated rings. The van der Waals surface area contributed by atoms with Crippen molar-refractivity contribution in [3.63, 3.8) is 0 Å². The van der Waals surface area contributed by atoms with Crippen LogP contribution in [0.15, 0.2) is 121 Å². The van der Waals surface area contributed by atoms with Gasteiger partial charge >= 0.3 is 0 Å². The number of aromatic nitrogens is 1. The third-order valence-electron chi connectivity index (χ3n) is 7.66. The number of benzene rings is 3. The molecule has 3 aliphatic rings. The van der Waals surface area contributed by atoms with Crippen molar-refractivity contribution >= 4 is 11.1 Å². The smallest absolute Gasteiger partial charge is 0.134 e. The molecular weight excluding hydrogens is 450 g/mol. The molecule has 0 saturated carbocycles. The lowest BCUT2D eigenvalue weighted by Crippen LogP contribution is -2.28. The molecule has 2 heterocycles. The van der Waals surface area contributed by atoms with Crippen LogP contribution in [0.3, 0.4) is 0 Å². The minimum Gasteiger partial charge on any atom is -0.460 e. The summed E-state index contributed by atoms with van der Waals surface area (Å²) >= 11 is 0. The van der Waals surface area contributed by atoms with E-state index in [1.165, 1.54) is 33.4 Å². The molecule has 4 aromatic rings. The van der Waals surface area contributed by atoms with Crippen LogP contribution in [0.1, 0.15) is 22.3 Å². The number of ether oxygens (including phenoxy) is 1. The van der Waals surface area contributed by atoms with Crippen LogP contribution in [0, 0.1) is 25.7 Å². The molecule has 7 rings (SSSR count). The molecule has 1 aliphatic heterocycles. The topological polar surface area (TPSA) is 22.1 Å². The zero-order valence-corrected chi connectivity index (χ0v) is 21.0. The highest BCUT2D eigenvalue weighted by atomic mass is 16.5. The lowest BCUT2D eigenvalue weighted by Gasteiger charge is -2.39. The van der Waals surface area contributed by atoms with Crippen molar-refractivity contribution in [2.45, 2.75) is 13.8 Å². The van der Waals surface area contributed by atoms with Crippen molar-refractivity contribution in [1.82, 2.24) is 4.98 Å². The van der Waals surface area contributed by atoms with Crippen LogP contribution in [-0.2, 0) is 0 Å². The summed E-state index contributed by atoms with van der Waals surface area (Å²) in [7, 11) is 0. The summed E-state index contributed by atoms with van der Waals surface area (Å²) in [6.45, 7) is 4.24. The number of aryl methyl sites for hydroxylation is 2. The van der Waals surface area contributed by atoms with Gasteiger partial charge in [-0.3, -0.25) is 0 Å². The van der Waals surface area contributed by atoms with Crippen molar-refractivity contribution in [2.24, 2.45) is 11.8 Å². The molecule has 0 radical (unpaired) electrons. The van der Waals surface area contributed by atoms with Gasteiger partial charge in [0.1, 0.15) is 11.5 Å². The molecule has 2 aliphatic carbocycles. The maximum Gasteiger partial charge on any atom is 0.134 e. The first-order valence-corrected chi connectivity index (χ1v) is 12.9. The summed E-state index contributed by atoms with van der Waals surface area (Å²) in [5.41, 5.74) is 11.7. The number of nitrogens with zero attached hydrogens (tertiary/aromatic N) is 1. The van der Waals surface area contributed by atoms with Gasteiger partial charge in [0.2, 0.25) is 0 Å². The fourth-order valence-electron chi connectivity index (χ4n) is 5.69. The summed E-state index contributed by atoms with van der Waals surface area (Å²) in [6.07, 6.45) is 11.2. The first kappa shape index (κ1) is 21.8. The molecular formula is C35H27NO. The lowest BCUT2D eigenvalue weighted by molar-refractivity contribution is 0.343. The number of allylic oxidation sites excluding steroid dienone is 7. The van der Waals surface area contributed by atoms with Crippen LogP contribution in [0.2, 0.25) is 0 Å². The SMILES string of the molecule is Cc1ccc(-c2cc(C3=CC=C4Oc5ccccc5C5=CC=CC3C45)cc(-c3ccc(C)cc3)n2)cc1. The van der Waals surface area contributed by atoms with E-state index >= 15 is 0 Å². The Morgan fingerprint density at radius 1 is 0.649 bits per heavy atom. The van der Waals surface area contributed by atoms with E-state index in [9.17, 15) is 0 Å². The third-order valence-corrected chi connectivity index (χ3v) is 7.66. The minimum absolute atomic E-state index is 0.179. The van der Waals surface area contributed by atoms with E-state index in [4.69, 9.17) is 9.72 Å². The summed E-state index contributed by atoms with van der Waals surface area (Å²) < 4.78 is 6.39. The average molecular weight is 478 g/mol. The van der Waals surface area contributed by atoms with Gasteiger partial charge in [-0.1, -0.05) is 102 Å².